The fourth-order valence-electron chi connectivity index (χ4n) is 1.90. The minimum Gasteiger partial charge on any atom is -0.411 e. The Morgan fingerprint density at radius 2 is 1.47 bits per heavy atom. The Hall–Kier alpha value is -2.09. The molecule has 2 rings (SSSR count). The predicted octanol–water partition coefficient (Wildman–Crippen LogP) is 3.67. The lowest BCUT2D eigenvalue weighted by atomic mass is 9.92. The summed E-state index contributed by atoms with van der Waals surface area (Å²) in [5.41, 5.74) is 2.78. The molecule has 0 aromatic heterocycles. The number of oxime groups is 1. The maximum absolute atomic E-state index is 9.20. The molecule has 2 aromatic rings. The Labute approximate surface area is 101 Å². The van der Waals surface area contributed by atoms with E-state index in [0.29, 0.717) is 5.71 Å². The summed E-state index contributed by atoms with van der Waals surface area (Å²) in [6.07, 6.45) is 0. The van der Waals surface area contributed by atoms with Crippen LogP contribution < -0.4 is 0 Å². The van der Waals surface area contributed by atoms with E-state index in [1.165, 1.54) is 0 Å². The van der Waals surface area contributed by atoms with Crippen molar-refractivity contribution in [2.75, 3.05) is 0 Å². The van der Waals surface area contributed by atoms with E-state index in [9.17, 15) is 5.21 Å². The van der Waals surface area contributed by atoms with Crippen LogP contribution in [0.15, 0.2) is 65.8 Å². The average molecular weight is 225 g/mol. The molecule has 1 N–H and O–H groups in total. The lowest BCUT2D eigenvalue weighted by molar-refractivity contribution is 0.317. The second-order valence-electron chi connectivity index (χ2n) is 3.98. The number of benzene rings is 2. The summed E-state index contributed by atoms with van der Waals surface area (Å²) in [5.74, 6) is 0.0728. The van der Waals surface area contributed by atoms with Crippen LogP contribution >= 0.6 is 0 Å². The van der Waals surface area contributed by atoms with Gasteiger partial charge in [-0.1, -0.05) is 72.7 Å². The molecule has 0 amide bonds. The maximum atomic E-state index is 9.20. The second kappa shape index (κ2) is 5.30. The van der Waals surface area contributed by atoms with Crippen molar-refractivity contribution in [3.05, 3.63) is 71.8 Å². The molecule has 0 fully saturated rings. The zero-order valence-corrected chi connectivity index (χ0v) is 9.75. The highest BCUT2D eigenvalue weighted by Gasteiger charge is 2.15. The van der Waals surface area contributed by atoms with Crippen LogP contribution in [0.4, 0.5) is 0 Å². The minimum absolute atomic E-state index is 0.0728. The largest absolute Gasteiger partial charge is 0.411 e. The molecule has 0 aliphatic heterocycles. The molecule has 0 bridgehead atoms. The summed E-state index contributed by atoms with van der Waals surface area (Å²) < 4.78 is 0. The molecule has 0 saturated heterocycles. The first-order valence-electron chi connectivity index (χ1n) is 5.65. The fraction of sp³-hybridized carbons (Fsp3) is 0.133. The first kappa shape index (κ1) is 11.4. The van der Waals surface area contributed by atoms with Gasteiger partial charge in [0, 0.05) is 5.92 Å². The standard InChI is InChI=1S/C15H15NO/c1-12(13-8-4-2-5-9-13)15(16-17)14-10-6-3-7-11-14/h2-12,17H,1H3/b16-15+/t12-/m0/s1. The van der Waals surface area contributed by atoms with E-state index in [4.69, 9.17) is 0 Å². The molecule has 0 unspecified atom stereocenters. The summed E-state index contributed by atoms with van der Waals surface area (Å²) in [6.45, 7) is 2.04. The maximum Gasteiger partial charge on any atom is 0.0939 e. The summed E-state index contributed by atoms with van der Waals surface area (Å²) in [7, 11) is 0. The lowest BCUT2D eigenvalue weighted by Gasteiger charge is -2.13. The Morgan fingerprint density at radius 1 is 0.941 bits per heavy atom. The van der Waals surface area contributed by atoms with Crippen LogP contribution in [0, 0.1) is 0 Å². The molecule has 0 aliphatic rings. The molecule has 0 heterocycles. The van der Waals surface area contributed by atoms with Crippen LogP contribution in [-0.2, 0) is 0 Å². The summed E-state index contributed by atoms with van der Waals surface area (Å²) in [5, 5.41) is 12.7. The average Bonchev–Trinajstić information content (AvgIpc) is 2.42. The summed E-state index contributed by atoms with van der Waals surface area (Å²) in [4.78, 5) is 0. The molecule has 0 radical (unpaired) electrons. The van der Waals surface area contributed by atoms with Crippen LogP contribution in [0.2, 0.25) is 0 Å². The molecule has 2 aromatic carbocycles. The van der Waals surface area contributed by atoms with E-state index in [1.807, 2.05) is 67.6 Å². The van der Waals surface area contributed by atoms with Crippen LogP contribution in [0.5, 0.6) is 0 Å². The minimum atomic E-state index is 0.0728. The molecule has 0 spiro atoms. The smallest absolute Gasteiger partial charge is 0.0939 e. The molecule has 1 atom stereocenters. The van der Waals surface area contributed by atoms with Gasteiger partial charge in [0.2, 0.25) is 0 Å². The van der Waals surface area contributed by atoms with Gasteiger partial charge < -0.3 is 5.21 Å². The van der Waals surface area contributed by atoms with Crippen molar-refractivity contribution < 1.29 is 5.21 Å². The summed E-state index contributed by atoms with van der Waals surface area (Å²) in [6, 6.07) is 19.8. The highest BCUT2D eigenvalue weighted by Crippen LogP contribution is 2.20. The number of nitrogens with zero attached hydrogens (tertiary/aromatic N) is 1. The molecule has 0 aliphatic carbocycles. The third kappa shape index (κ3) is 2.53. The van der Waals surface area contributed by atoms with Gasteiger partial charge in [0.05, 0.1) is 5.71 Å². The number of rotatable bonds is 3. The van der Waals surface area contributed by atoms with Gasteiger partial charge in [0.15, 0.2) is 0 Å². The van der Waals surface area contributed by atoms with Crippen LogP contribution in [0.25, 0.3) is 0 Å². The molecule has 2 nitrogen and oxygen atoms in total. The van der Waals surface area contributed by atoms with Gasteiger partial charge in [-0.2, -0.15) is 0 Å². The Bertz CT molecular complexity index is 491. The first-order valence-corrected chi connectivity index (χ1v) is 5.65. The van der Waals surface area contributed by atoms with E-state index < -0.39 is 0 Å². The Morgan fingerprint density at radius 3 is 2.00 bits per heavy atom. The lowest BCUT2D eigenvalue weighted by Crippen LogP contribution is -2.11. The zero-order chi connectivity index (χ0) is 12.1. The van der Waals surface area contributed by atoms with Crippen molar-refractivity contribution >= 4 is 5.71 Å². The highest BCUT2D eigenvalue weighted by molar-refractivity contribution is 6.04. The van der Waals surface area contributed by atoms with Crippen molar-refractivity contribution in [2.24, 2.45) is 5.16 Å². The topological polar surface area (TPSA) is 32.6 Å². The van der Waals surface area contributed by atoms with Crippen molar-refractivity contribution in [3.63, 3.8) is 0 Å². The van der Waals surface area contributed by atoms with Crippen LogP contribution in [-0.4, -0.2) is 10.9 Å². The van der Waals surface area contributed by atoms with Gasteiger partial charge in [-0.3, -0.25) is 0 Å². The molecular weight excluding hydrogens is 210 g/mol. The quantitative estimate of drug-likeness (QED) is 0.482. The van der Waals surface area contributed by atoms with Gasteiger partial charge in [0.25, 0.3) is 0 Å². The van der Waals surface area contributed by atoms with Gasteiger partial charge in [-0.05, 0) is 11.1 Å². The summed E-state index contributed by atoms with van der Waals surface area (Å²) >= 11 is 0. The van der Waals surface area contributed by atoms with Crippen molar-refractivity contribution in [2.45, 2.75) is 12.8 Å². The molecular formula is C15H15NO. The van der Waals surface area contributed by atoms with Crippen LogP contribution in [0.1, 0.15) is 24.0 Å². The zero-order valence-electron chi connectivity index (χ0n) is 9.75. The van der Waals surface area contributed by atoms with E-state index in [0.717, 1.165) is 11.1 Å². The monoisotopic (exact) mass is 225 g/mol. The van der Waals surface area contributed by atoms with Crippen LogP contribution in [0.3, 0.4) is 0 Å². The van der Waals surface area contributed by atoms with Crippen molar-refractivity contribution in [3.8, 4) is 0 Å². The third-order valence-corrected chi connectivity index (χ3v) is 2.89. The number of hydrogen-bond donors (Lipinski definition) is 1. The van der Waals surface area contributed by atoms with E-state index in [1.54, 1.807) is 0 Å². The number of hydrogen-bond acceptors (Lipinski definition) is 2. The fourth-order valence-corrected chi connectivity index (χ4v) is 1.90. The van der Waals surface area contributed by atoms with Gasteiger partial charge in [-0.25, -0.2) is 0 Å². The van der Waals surface area contributed by atoms with Gasteiger partial charge >= 0.3 is 0 Å². The van der Waals surface area contributed by atoms with E-state index >= 15 is 0 Å². The van der Waals surface area contributed by atoms with Gasteiger partial charge in [0.1, 0.15) is 0 Å². The van der Waals surface area contributed by atoms with Crippen molar-refractivity contribution in [1.29, 1.82) is 0 Å². The normalized spacial score (nSPS) is 13.4. The molecule has 86 valence electrons. The first-order chi connectivity index (χ1) is 8.33. The molecule has 17 heavy (non-hydrogen) atoms. The Balaban J connectivity index is 2.33. The van der Waals surface area contributed by atoms with E-state index in [2.05, 4.69) is 5.16 Å². The Kier molecular flexibility index (Phi) is 3.55. The highest BCUT2D eigenvalue weighted by atomic mass is 16.4. The van der Waals surface area contributed by atoms with Gasteiger partial charge in [-0.15, -0.1) is 0 Å². The van der Waals surface area contributed by atoms with Crippen molar-refractivity contribution in [1.82, 2.24) is 0 Å². The third-order valence-electron chi connectivity index (χ3n) is 2.89. The molecule has 2 heteroatoms. The second-order valence-corrected chi connectivity index (χ2v) is 3.98. The predicted molar refractivity (Wildman–Crippen MR) is 69.6 cm³/mol. The molecule has 0 saturated carbocycles. The SMILES string of the molecule is C[C@H](/C(=N\O)c1ccccc1)c1ccccc1. The van der Waals surface area contributed by atoms with E-state index in [-0.39, 0.29) is 5.92 Å².